The summed E-state index contributed by atoms with van der Waals surface area (Å²) in [7, 11) is 0. The van der Waals surface area contributed by atoms with E-state index in [1.165, 1.54) is 22.6 Å². The first-order valence-electron chi connectivity index (χ1n) is 4.66. The van der Waals surface area contributed by atoms with E-state index in [0.717, 1.165) is 5.00 Å². The zero-order valence-corrected chi connectivity index (χ0v) is 9.03. The van der Waals surface area contributed by atoms with Gasteiger partial charge in [-0.2, -0.15) is 0 Å². The van der Waals surface area contributed by atoms with Gasteiger partial charge in [-0.25, -0.2) is 0 Å². The van der Waals surface area contributed by atoms with E-state index in [1.54, 1.807) is 6.92 Å². The van der Waals surface area contributed by atoms with E-state index < -0.39 is 6.04 Å². The van der Waals surface area contributed by atoms with Crippen molar-refractivity contribution in [2.24, 2.45) is 4.99 Å². The maximum absolute atomic E-state index is 11.8. The second kappa shape index (κ2) is 3.94. The molecule has 2 rings (SSSR count). The molecule has 1 amide bonds. The summed E-state index contributed by atoms with van der Waals surface area (Å²) in [6.45, 7) is 1.74. The van der Waals surface area contributed by atoms with Gasteiger partial charge in [0.2, 0.25) is 0 Å². The Labute approximate surface area is 91.2 Å². The van der Waals surface area contributed by atoms with Crippen molar-refractivity contribution >= 4 is 34.4 Å². The predicted octanol–water partition coefficient (Wildman–Crippen LogP) is 1.47. The van der Waals surface area contributed by atoms with Crippen molar-refractivity contribution in [1.29, 1.82) is 0 Å². The monoisotopic (exact) mass is 222 g/mol. The number of hydrogen-bond donors (Lipinski definition) is 0. The van der Waals surface area contributed by atoms with E-state index in [9.17, 15) is 9.59 Å². The smallest absolute Gasteiger partial charge is 0.265 e. The average molecular weight is 222 g/mol. The summed E-state index contributed by atoms with van der Waals surface area (Å²) < 4.78 is 0. The molecule has 4 nitrogen and oxygen atoms in total. The Bertz CT molecular complexity index is 411. The molecule has 0 spiro atoms. The second-order valence-corrected chi connectivity index (χ2v) is 4.07. The van der Waals surface area contributed by atoms with Crippen LogP contribution in [0, 0.1) is 0 Å². The minimum Gasteiger partial charge on any atom is -0.297 e. The normalized spacial score (nSPS) is 19.9. The molecule has 0 aromatic carbocycles. The Balaban J connectivity index is 2.19. The third-order valence-corrected chi connectivity index (χ3v) is 3.07. The molecule has 15 heavy (non-hydrogen) atoms. The number of amides is 1. The van der Waals surface area contributed by atoms with E-state index in [4.69, 9.17) is 0 Å². The lowest BCUT2D eigenvalue weighted by Crippen LogP contribution is -2.34. The lowest BCUT2D eigenvalue weighted by atomic mass is 10.1. The lowest BCUT2D eigenvalue weighted by molar-refractivity contribution is -0.127. The number of Topliss-reactive ketones (excluding diaryl/α,β-unsaturated/α-hetero) is 1. The van der Waals surface area contributed by atoms with Gasteiger partial charge in [0.25, 0.3) is 5.91 Å². The lowest BCUT2D eigenvalue weighted by Gasteiger charge is -2.10. The summed E-state index contributed by atoms with van der Waals surface area (Å²) in [5, 5.41) is 2.68. The zero-order valence-electron chi connectivity index (χ0n) is 8.21. The van der Waals surface area contributed by atoms with Gasteiger partial charge in [-0.05, 0) is 17.5 Å². The van der Waals surface area contributed by atoms with Crippen molar-refractivity contribution in [3.63, 3.8) is 0 Å². The molecule has 0 radical (unpaired) electrons. The van der Waals surface area contributed by atoms with E-state index in [2.05, 4.69) is 4.99 Å². The molecule has 1 aliphatic heterocycles. The molecule has 5 heteroatoms. The van der Waals surface area contributed by atoms with Crippen LogP contribution in [0.4, 0.5) is 5.00 Å². The van der Waals surface area contributed by atoms with Crippen molar-refractivity contribution in [2.45, 2.75) is 19.4 Å². The Morgan fingerprint density at radius 1 is 1.67 bits per heavy atom. The van der Waals surface area contributed by atoms with E-state index in [0.29, 0.717) is 6.42 Å². The maximum atomic E-state index is 11.8. The number of hydrogen-bond acceptors (Lipinski definition) is 4. The van der Waals surface area contributed by atoms with Crippen LogP contribution >= 0.6 is 11.3 Å². The minimum atomic E-state index is -0.822. The first kappa shape index (κ1) is 10.0. The van der Waals surface area contributed by atoms with Crippen LogP contribution in [-0.2, 0) is 9.59 Å². The molecular formula is C10H10N2O2S. The molecule has 1 aromatic heterocycles. The van der Waals surface area contributed by atoms with E-state index >= 15 is 0 Å². The minimum absolute atomic E-state index is 0.129. The molecule has 1 atom stereocenters. The molecule has 0 bridgehead atoms. The number of ketones is 1. The van der Waals surface area contributed by atoms with Gasteiger partial charge in [-0.3, -0.25) is 19.5 Å². The average Bonchev–Trinajstić information content (AvgIpc) is 2.85. The molecule has 0 N–H and O–H groups in total. The van der Waals surface area contributed by atoms with Crippen molar-refractivity contribution < 1.29 is 9.59 Å². The molecule has 0 saturated heterocycles. The summed E-state index contributed by atoms with van der Waals surface area (Å²) in [5.41, 5.74) is 0. The Morgan fingerprint density at radius 2 is 2.47 bits per heavy atom. The van der Waals surface area contributed by atoms with E-state index in [-0.39, 0.29) is 11.7 Å². The van der Waals surface area contributed by atoms with Crippen molar-refractivity contribution in [3.05, 3.63) is 17.5 Å². The Morgan fingerprint density at radius 3 is 3.07 bits per heavy atom. The summed E-state index contributed by atoms with van der Waals surface area (Å²) in [4.78, 5) is 28.5. The molecule has 0 aliphatic carbocycles. The number of rotatable bonds is 3. The topological polar surface area (TPSA) is 49.7 Å². The third-order valence-electron chi connectivity index (χ3n) is 2.20. The highest BCUT2D eigenvalue weighted by atomic mass is 32.1. The highest BCUT2D eigenvalue weighted by Gasteiger charge is 2.33. The first-order chi connectivity index (χ1) is 7.24. The van der Waals surface area contributed by atoms with Gasteiger partial charge in [-0.1, -0.05) is 6.92 Å². The molecule has 1 aliphatic rings. The molecule has 2 heterocycles. The number of nitrogens with zero attached hydrogens (tertiary/aromatic N) is 2. The van der Waals surface area contributed by atoms with Gasteiger partial charge in [0.1, 0.15) is 5.00 Å². The molecule has 1 aromatic rings. The number of anilines is 1. The fourth-order valence-corrected chi connectivity index (χ4v) is 2.08. The molecule has 78 valence electrons. The van der Waals surface area contributed by atoms with Crippen LogP contribution in [0.15, 0.2) is 22.5 Å². The van der Waals surface area contributed by atoms with Gasteiger partial charge >= 0.3 is 0 Å². The number of thiophene rings is 1. The molecular weight excluding hydrogens is 212 g/mol. The molecule has 0 saturated carbocycles. The summed E-state index contributed by atoms with van der Waals surface area (Å²) in [6, 6.07) is 2.86. The van der Waals surface area contributed by atoms with Crippen LogP contribution in [0.25, 0.3) is 0 Å². The van der Waals surface area contributed by atoms with Gasteiger partial charge in [0.15, 0.2) is 11.8 Å². The van der Waals surface area contributed by atoms with Crippen LogP contribution in [-0.4, -0.2) is 24.1 Å². The fraction of sp³-hybridized carbons (Fsp3) is 0.300. The van der Waals surface area contributed by atoms with Crippen LogP contribution in [0.1, 0.15) is 13.3 Å². The van der Waals surface area contributed by atoms with Gasteiger partial charge in [0.05, 0.1) is 6.34 Å². The SMILES string of the molecule is CCC(=O)C1N=CN(c2cccs2)C1=O. The summed E-state index contributed by atoms with van der Waals surface area (Å²) >= 11 is 1.45. The predicted molar refractivity (Wildman–Crippen MR) is 59.4 cm³/mol. The third kappa shape index (κ3) is 1.70. The van der Waals surface area contributed by atoms with Crippen LogP contribution < -0.4 is 4.90 Å². The van der Waals surface area contributed by atoms with Crippen molar-refractivity contribution in [2.75, 3.05) is 4.90 Å². The summed E-state index contributed by atoms with van der Waals surface area (Å²) in [5.74, 6) is -0.375. The van der Waals surface area contributed by atoms with Crippen molar-refractivity contribution in [1.82, 2.24) is 0 Å². The molecule has 1 unspecified atom stereocenters. The zero-order chi connectivity index (χ0) is 10.8. The second-order valence-electron chi connectivity index (χ2n) is 3.15. The van der Waals surface area contributed by atoms with Gasteiger partial charge in [0, 0.05) is 6.42 Å². The highest BCUT2D eigenvalue weighted by molar-refractivity contribution is 7.14. The highest BCUT2D eigenvalue weighted by Crippen LogP contribution is 2.24. The molecule has 0 fully saturated rings. The van der Waals surface area contributed by atoms with Crippen LogP contribution in [0.5, 0.6) is 0 Å². The Hall–Kier alpha value is -1.49. The fourth-order valence-electron chi connectivity index (χ4n) is 1.37. The van der Waals surface area contributed by atoms with Crippen LogP contribution in [0.3, 0.4) is 0 Å². The number of aliphatic imine (C=N–C) groups is 1. The summed E-state index contributed by atoms with van der Waals surface area (Å²) in [6.07, 6.45) is 1.78. The standard InChI is InChI=1S/C10H10N2O2S/c1-2-7(13)9-10(14)12(6-11-9)8-4-3-5-15-8/h3-6,9H,2H2,1H3. The van der Waals surface area contributed by atoms with E-state index in [1.807, 2.05) is 17.5 Å². The Kier molecular flexibility index (Phi) is 2.64. The van der Waals surface area contributed by atoms with Crippen LogP contribution in [0.2, 0.25) is 0 Å². The van der Waals surface area contributed by atoms with Gasteiger partial charge < -0.3 is 0 Å². The number of carbonyl (C=O) groups excluding carboxylic acids is 2. The first-order valence-corrected chi connectivity index (χ1v) is 5.54. The van der Waals surface area contributed by atoms with Gasteiger partial charge in [-0.15, -0.1) is 11.3 Å². The maximum Gasteiger partial charge on any atom is 0.265 e. The van der Waals surface area contributed by atoms with Crippen molar-refractivity contribution in [3.8, 4) is 0 Å². The largest absolute Gasteiger partial charge is 0.297 e. The quantitative estimate of drug-likeness (QED) is 0.727. The number of carbonyl (C=O) groups is 2.